The number of carbonyl (C=O) groups is 1. The number of nitrogens with zero attached hydrogens (tertiary/aromatic N) is 1. The highest BCUT2D eigenvalue weighted by atomic mass is 79.9. The number of hydrogen-bond donors (Lipinski definition) is 2. The Morgan fingerprint density at radius 1 is 1.12 bits per heavy atom. The first-order chi connectivity index (χ1) is 12.5. The zero-order valence-electron chi connectivity index (χ0n) is 14.1. The Morgan fingerprint density at radius 3 is 2.58 bits per heavy atom. The first kappa shape index (κ1) is 19.1. The first-order valence-electron chi connectivity index (χ1n) is 8.45. The fourth-order valence-electron chi connectivity index (χ4n) is 2.94. The average Bonchev–Trinajstić information content (AvgIpc) is 2.62. The molecule has 1 heterocycles. The molecule has 1 amide bonds. The molecule has 26 heavy (non-hydrogen) atoms. The van der Waals surface area contributed by atoms with Crippen LogP contribution in [0.5, 0.6) is 0 Å². The Balaban J connectivity index is 1.62. The van der Waals surface area contributed by atoms with Gasteiger partial charge in [-0.05, 0) is 67.9 Å². The molecule has 1 aliphatic rings. The van der Waals surface area contributed by atoms with E-state index in [1.165, 1.54) is 19.3 Å². The molecule has 1 saturated heterocycles. The van der Waals surface area contributed by atoms with Gasteiger partial charge in [0.1, 0.15) is 0 Å². The van der Waals surface area contributed by atoms with Gasteiger partial charge in [-0.25, -0.2) is 0 Å². The normalized spacial score (nSPS) is 14.0. The molecule has 2 N–H and O–H groups in total. The Bertz CT molecular complexity index is 824. The lowest BCUT2D eigenvalue weighted by molar-refractivity contribution is 0.0977. The lowest BCUT2D eigenvalue weighted by Crippen LogP contribution is -2.34. The van der Waals surface area contributed by atoms with Crippen molar-refractivity contribution in [2.45, 2.75) is 19.3 Å². The third-order valence-electron chi connectivity index (χ3n) is 4.22. The van der Waals surface area contributed by atoms with Crippen LogP contribution in [0.2, 0.25) is 5.02 Å². The number of anilines is 2. The molecule has 0 atom stereocenters. The van der Waals surface area contributed by atoms with Gasteiger partial charge in [0, 0.05) is 28.8 Å². The molecule has 4 nitrogen and oxygen atoms in total. The maximum Gasteiger partial charge on any atom is 0.257 e. The van der Waals surface area contributed by atoms with Crippen LogP contribution in [0.15, 0.2) is 46.9 Å². The molecule has 0 aliphatic carbocycles. The van der Waals surface area contributed by atoms with Gasteiger partial charge in [0.05, 0.1) is 10.7 Å². The van der Waals surface area contributed by atoms with Gasteiger partial charge in [-0.15, -0.1) is 0 Å². The third-order valence-corrected chi connectivity index (χ3v) is 5.22. The van der Waals surface area contributed by atoms with Crippen LogP contribution in [0.1, 0.15) is 29.6 Å². The molecule has 0 spiro atoms. The summed E-state index contributed by atoms with van der Waals surface area (Å²) in [6.45, 7) is 2.07. The predicted molar refractivity (Wildman–Crippen MR) is 115 cm³/mol. The molecular formula is C19H19BrClN3OS. The molecule has 1 fully saturated rings. The summed E-state index contributed by atoms with van der Waals surface area (Å²) < 4.78 is 0.837. The standard InChI is InChI=1S/C19H19BrClN3OS/c20-14-6-4-5-13(11-14)18(25)23-19(26)22-15-7-8-17(16(21)12-15)24-9-2-1-3-10-24/h4-8,11-12H,1-3,9-10H2,(H2,22,23,25,26). The highest BCUT2D eigenvalue weighted by Gasteiger charge is 2.14. The minimum Gasteiger partial charge on any atom is -0.370 e. The molecule has 0 bridgehead atoms. The number of benzene rings is 2. The number of amides is 1. The quantitative estimate of drug-likeness (QED) is 0.627. The van der Waals surface area contributed by atoms with Crippen LogP contribution in [-0.4, -0.2) is 24.1 Å². The van der Waals surface area contributed by atoms with Crippen LogP contribution in [0.4, 0.5) is 11.4 Å². The summed E-state index contributed by atoms with van der Waals surface area (Å²) in [6.07, 6.45) is 3.67. The lowest BCUT2D eigenvalue weighted by atomic mass is 10.1. The maximum absolute atomic E-state index is 12.2. The second-order valence-electron chi connectivity index (χ2n) is 6.13. The number of nitrogens with one attached hydrogen (secondary N) is 2. The molecule has 136 valence electrons. The Hall–Kier alpha value is -1.63. The minimum atomic E-state index is -0.264. The molecule has 1 aliphatic heterocycles. The van der Waals surface area contributed by atoms with Gasteiger partial charge in [0.15, 0.2) is 5.11 Å². The molecule has 0 aromatic heterocycles. The maximum atomic E-state index is 12.2. The van der Waals surface area contributed by atoms with Gasteiger partial charge in [-0.3, -0.25) is 10.1 Å². The van der Waals surface area contributed by atoms with Crippen molar-refractivity contribution in [2.24, 2.45) is 0 Å². The Kier molecular flexibility index (Phi) is 6.51. The third kappa shape index (κ3) is 4.96. The SMILES string of the molecule is O=C(NC(=S)Nc1ccc(N2CCCCC2)c(Cl)c1)c1cccc(Br)c1. The number of rotatable bonds is 3. The molecule has 2 aromatic carbocycles. The predicted octanol–water partition coefficient (Wildman–Crippen LogP) is 5.22. The number of hydrogen-bond acceptors (Lipinski definition) is 3. The molecule has 7 heteroatoms. The summed E-state index contributed by atoms with van der Waals surface area (Å²) in [5.74, 6) is -0.264. The molecule has 0 saturated carbocycles. The largest absolute Gasteiger partial charge is 0.370 e. The zero-order valence-corrected chi connectivity index (χ0v) is 17.3. The first-order valence-corrected chi connectivity index (χ1v) is 10.0. The monoisotopic (exact) mass is 451 g/mol. The summed E-state index contributed by atoms with van der Waals surface area (Å²) in [5, 5.41) is 6.60. The number of thiocarbonyl (C=S) groups is 1. The minimum absolute atomic E-state index is 0.233. The van der Waals surface area contributed by atoms with Gasteiger partial charge in [0.2, 0.25) is 0 Å². The van der Waals surface area contributed by atoms with Crippen molar-refractivity contribution in [1.29, 1.82) is 0 Å². The molecule has 0 unspecified atom stereocenters. The molecular weight excluding hydrogens is 434 g/mol. The molecule has 3 rings (SSSR count). The van der Waals surface area contributed by atoms with Gasteiger partial charge in [0.25, 0.3) is 5.91 Å². The smallest absolute Gasteiger partial charge is 0.257 e. The lowest BCUT2D eigenvalue weighted by Gasteiger charge is -2.29. The van der Waals surface area contributed by atoms with Crippen LogP contribution in [0, 0.1) is 0 Å². The van der Waals surface area contributed by atoms with Gasteiger partial charge < -0.3 is 10.2 Å². The van der Waals surface area contributed by atoms with E-state index in [0.717, 1.165) is 28.9 Å². The van der Waals surface area contributed by atoms with Crippen molar-refractivity contribution < 1.29 is 4.79 Å². The van der Waals surface area contributed by atoms with E-state index in [9.17, 15) is 4.79 Å². The Morgan fingerprint density at radius 2 is 1.88 bits per heavy atom. The van der Waals surface area contributed by atoms with E-state index >= 15 is 0 Å². The fourth-order valence-corrected chi connectivity index (χ4v) is 3.85. The van der Waals surface area contributed by atoms with Crippen molar-refractivity contribution in [1.82, 2.24) is 5.32 Å². The average molecular weight is 453 g/mol. The number of carbonyl (C=O) groups excluding carboxylic acids is 1. The summed E-state index contributed by atoms with van der Waals surface area (Å²) in [4.78, 5) is 14.5. The van der Waals surface area contributed by atoms with E-state index in [1.54, 1.807) is 18.2 Å². The van der Waals surface area contributed by atoms with Crippen LogP contribution in [-0.2, 0) is 0 Å². The van der Waals surface area contributed by atoms with Crippen molar-refractivity contribution in [2.75, 3.05) is 23.3 Å². The Labute approximate surface area is 172 Å². The van der Waals surface area contributed by atoms with Gasteiger partial charge in [-0.2, -0.15) is 0 Å². The van der Waals surface area contributed by atoms with E-state index < -0.39 is 0 Å². The highest BCUT2D eigenvalue weighted by molar-refractivity contribution is 9.10. The number of halogens is 2. The van der Waals surface area contributed by atoms with Crippen molar-refractivity contribution in [3.8, 4) is 0 Å². The second-order valence-corrected chi connectivity index (χ2v) is 7.86. The van der Waals surface area contributed by atoms with E-state index in [0.29, 0.717) is 10.6 Å². The van der Waals surface area contributed by atoms with Crippen molar-refractivity contribution in [3.63, 3.8) is 0 Å². The van der Waals surface area contributed by atoms with Crippen LogP contribution < -0.4 is 15.5 Å². The topological polar surface area (TPSA) is 44.4 Å². The summed E-state index contributed by atoms with van der Waals surface area (Å²) in [7, 11) is 0. The van der Waals surface area contributed by atoms with Crippen molar-refractivity contribution in [3.05, 3.63) is 57.5 Å². The highest BCUT2D eigenvalue weighted by Crippen LogP contribution is 2.30. The van der Waals surface area contributed by atoms with Crippen LogP contribution >= 0.6 is 39.7 Å². The summed E-state index contributed by atoms with van der Waals surface area (Å²) in [6, 6.07) is 12.9. The van der Waals surface area contributed by atoms with E-state index in [1.807, 2.05) is 24.3 Å². The van der Waals surface area contributed by atoms with Crippen molar-refractivity contribution >= 4 is 62.1 Å². The van der Waals surface area contributed by atoms with E-state index in [-0.39, 0.29) is 11.0 Å². The second kappa shape index (κ2) is 8.84. The molecule has 0 radical (unpaired) electrons. The summed E-state index contributed by atoms with van der Waals surface area (Å²) in [5.41, 5.74) is 2.32. The molecule has 2 aromatic rings. The summed E-state index contributed by atoms with van der Waals surface area (Å²) >= 11 is 15.0. The fraction of sp³-hybridized carbons (Fsp3) is 0.263. The zero-order chi connectivity index (χ0) is 18.5. The van der Waals surface area contributed by atoms with Crippen LogP contribution in [0.25, 0.3) is 0 Å². The van der Waals surface area contributed by atoms with Gasteiger partial charge >= 0.3 is 0 Å². The number of piperidine rings is 1. The van der Waals surface area contributed by atoms with E-state index in [4.69, 9.17) is 23.8 Å². The van der Waals surface area contributed by atoms with E-state index in [2.05, 4.69) is 31.5 Å². The van der Waals surface area contributed by atoms with Crippen LogP contribution in [0.3, 0.4) is 0 Å². The van der Waals surface area contributed by atoms with Gasteiger partial charge in [-0.1, -0.05) is 33.6 Å².